The van der Waals surface area contributed by atoms with Crippen LogP contribution in [0.5, 0.6) is 11.5 Å². The maximum atomic E-state index is 12.5. The molecule has 0 atom stereocenters. The van der Waals surface area contributed by atoms with Crippen molar-refractivity contribution in [3.05, 3.63) is 42.2 Å². The van der Waals surface area contributed by atoms with E-state index >= 15 is 0 Å². The van der Waals surface area contributed by atoms with Gasteiger partial charge in [0.15, 0.2) is 11.5 Å². The number of carbonyl (C=O) groups excluding carboxylic acids is 1. The molecule has 0 spiro atoms. The highest BCUT2D eigenvalue weighted by molar-refractivity contribution is 6.04. The molecule has 0 unspecified atom stereocenters. The number of hydrogen-bond donors (Lipinski definition) is 1. The van der Waals surface area contributed by atoms with E-state index in [1.807, 2.05) is 24.4 Å². The third-order valence-electron chi connectivity index (χ3n) is 4.26. The molecule has 1 amide bonds. The van der Waals surface area contributed by atoms with Gasteiger partial charge in [-0.2, -0.15) is 0 Å². The van der Waals surface area contributed by atoms with Crippen molar-refractivity contribution in [3.8, 4) is 11.5 Å². The number of hydrogen-bond acceptors (Lipinski definition) is 5. The van der Waals surface area contributed by atoms with Gasteiger partial charge >= 0.3 is 0 Å². The van der Waals surface area contributed by atoms with Crippen molar-refractivity contribution < 1.29 is 14.3 Å². The van der Waals surface area contributed by atoms with Crippen LogP contribution in [-0.4, -0.2) is 37.2 Å². The first-order valence-electron chi connectivity index (χ1n) is 8.20. The Bertz CT molecular complexity index is 757. The lowest BCUT2D eigenvalue weighted by molar-refractivity contribution is 0.102. The van der Waals surface area contributed by atoms with Crippen LogP contribution < -0.4 is 19.7 Å². The van der Waals surface area contributed by atoms with Crippen molar-refractivity contribution in [2.45, 2.75) is 12.8 Å². The fourth-order valence-electron chi connectivity index (χ4n) is 3.02. The number of amides is 1. The average molecular weight is 325 g/mol. The second-order valence-electron chi connectivity index (χ2n) is 5.94. The first kappa shape index (κ1) is 14.8. The van der Waals surface area contributed by atoms with E-state index in [0.717, 1.165) is 18.8 Å². The second kappa shape index (κ2) is 6.39. The Balaban J connectivity index is 1.50. The number of aromatic nitrogens is 1. The number of nitrogens with one attached hydrogen (secondary N) is 1. The summed E-state index contributed by atoms with van der Waals surface area (Å²) in [5, 5.41) is 2.89. The molecule has 6 nitrogen and oxygen atoms in total. The van der Waals surface area contributed by atoms with Crippen molar-refractivity contribution in [2.24, 2.45) is 0 Å². The van der Waals surface area contributed by atoms with E-state index < -0.39 is 0 Å². The summed E-state index contributed by atoms with van der Waals surface area (Å²) in [5.41, 5.74) is 2.23. The van der Waals surface area contributed by atoms with Crippen LogP contribution in [-0.2, 0) is 0 Å². The zero-order valence-electron chi connectivity index (χ0n) is 13.3. The summed E-state index contributed by atoms with van der Waals surface area (Å²) < 4.78 is 11.0. The van der Waals surface area contributed by atoms with Crippen LogP contribution in [0.1, 0.15) is 23.2 Å². The molecule has 1 fully saturated rings. The SMILES string of the molecule is O=C(Nc1ccc2c(c1)OCCO2)c1cncc(N2CCCC2)c1. The van der Waals surface area contributed by atoms with E-state index in [9.17, 15) is 4.79 Å². The Morgan fingerprint density at radius 2 is 1.83 bits per heavy atom. The highest BCUT2D eigenvalue weighted by Gasteiger charge is 2.16. The Hall–Kier alpha value is -2.76. The normalized spacial score (nSPS) is 16.1. The van der Waals surface area contributed by atoms with Crippen molar-refractivity contribution in [1.29, 1.82) is 0 Å². The summed E-state index contributed by atoms with van der Waals surface area (Å²) in [4.78, 5) is 19.0. The van der Waals surface area contributed by atoms with Crippen LogP contribution in [0.2, 0.25) is 0 Å². The summed E-state index contributed by atoms with van der Waals surface area (Å²) in [6, 6.07) is 7.29. The van der Waals surface area contributed by atoms with Gasteiger partial charge in [-0.1, -0.05) is 0 Å². The van der Waals surface area contributed by atoms with Crippen molar-refractivity contribution in [1.82, 2.24) is 4.98 Å². The smallest absolute Gasteiger partial charge is 0.257 e. The van der Waals surface area contributed by atoms with Gasteiger partial charge in [-0.3, -0.25) is 9.78 Å². The van der Waals surface area contributed by atoms with Crippen LogP contribution in [0.3, 0.4) is 0 Å². The van der Waals surface area contributed by atoms with Crippen LogP contribution in [0.25, 0.3) is 0 Å². The average Bonchev–Trinajstić information content (AvgIpc) is 3.16. The predicted octanol–water partition coefficient (Wildman–Crippen LogP) is 2.71. The second-order valence-corrected chi connectivity index (χ2v) is 5.94. The molecule has 0 aliphatic carbocycles. The molecule has 24 heavy (non-hydrogen) atoms. The van der Waals surface area contributed by atoms with Crippen molar-refractivity contribution in [3.63, 3.8) is 0 Å². The molecule has 2 aliphatic rings. The summed E-state index contributed by atoms with van der Waals surface area (Å²) in [7, 11) is 0. The molecule has 0 radical (unpaired) electrons. The highest BCUT2D eigenvalue weighted by Crippen LogP contribution is 2.32. The van der Waals surface area contributed by atoms with Gasteiger partial charge in [0.05, 0.1) is 17.4 Å². The zero-order chi connectivity index (χ0) is 16.4. The van der Waals surface area contributed by atoms with Crippen LogP contribution in [0.15, 0.2) is 36.7 Å². The topological polar surface area (TPSA) is 63.7 Å². The number of ether oxygens (including phenoxy) is 2. The van der Waals surface area contributed by atoms with E-state index in [4.69, 9.17) is 9.47 Å². The quantitative estimate of drug-likeness (QED) is 0.940. The van der Waals surface area contributed by atoms with Gasteiger partial charge in [0.25, 0.3) is 5.91 Å². The molecular weight excluding hydrogens is 306 g/mol. The van der Waals surface area contributed by atoms with Gasteiger partial charge < -0.3 is 19.7 Å². The van der Waals surface area contributed by atoms with E-state index in [1.54, 1.807) is 12.3 Å². The summed E-state index contributed by atoms with van der Waals surface area (Å²) in [6.45, 7) is 3.11. The lowest BCUT2D eigenvalue weighted by atomic mass is 10.2. The number of pyridine rings is 1. The number of nitrogens with zero attached hydrogens (tertiary/aromatic N) is 2. The Morgan fingerprint density at radius 3 is 2.67 bits per heavy atom. The largest absolute Gasteiger partial charge is 0.486 e. The monoisotopic (exact) mass is 325 g/mol. The number of anilines is 2. The molecule has 1 N–H and O–H groups in total. The maximum Gasteiger partial charge on any atom is 0.257 e. The Kier molecular flexibility index (Phi) is 3.94. The van der Waals surface area contributed by atoms with Gasteiger partial charge in [0, 0.05) is 31.0 Å². The lowest BCUT2D eigenvalue weighted by Crippen LogP contribution is -2.19. The summed E-state index contributed by atoms with van der Waals surface area (Å²) in [5.74, 6) is 1.18. The third kappa shape index (κ3) is 2.99. The maximum absolute atomic E-state index is 12.5. The number of carbonyl (C=O) groups is 1. The molecule has 2 aromatic rings. The standard InChI is InChI=1S/C18H19N3O3/c22-18(13-9-15(12-19-11-13)21-5-1-2-6-21)20-14-3-4-16-17(10-14)24-8-7-23-16/h3-4,9-12H,1-2,5-8H2,(H,20,22). The van der Waals surface area contributed by atoms with E-state index in [2.05, 4.69) is 15.2 Å². The predicted molar refractivity (Wildman–Crippen MR) is 91.1 cm³/mol. The lowest BCUT2D eigenvalue weighted by Gasteiger charge is -2.19. The molecule has 2 aliphatic heterocycles. The molecule has 124 valence electrons. The van der Waals surface area contributed by atoms with E-state index in [0.29, 0.717) is 36.0 Å². The highest BCUT2D eigenvalue weighted by atomic mass is 16.6. The molecule has 3 heterocycles. The first-order valence-corrected chi connectivity index (χ1v) is 8.20. The van der Waals surface area contributed by atoms with Crippen molar-refractivity contribution >= 4 is 17.3 Å². The Morgan fingerprint density at radius 1 is 1.04 bits per heavy atom. The van der Waals surface area contributed by atoms with Crippen LogP contribution in [0.4, 0.5) is 11.4 Å². The molecular formula is C18H19N3O3. The van der Waals surface area contributed by atoms with Crippen molar-refractivity contribution in [2.75, 3.05) is 36.5 Å². The van der Waals surface area contributed by atoms with Gasteiger partial charge in [-0.25, -0.2) is 0 Å². The fourth-order valence-corrected chi connectivity index (χ4v) is 3.02. The Labute approximate surface area is 140 Å². The molecule has 1 aromatic carbocycles. The first-order chi connectivity index (χ1) is 11.8. The number of rotatable bonds is 3. The van der Waals surface area contributed by atoms with E-state index in [-0.39, 0.29) is 5.91 Å². The molecule has 0 bridgehead atoms. The minimum atomic E-state index is -0.180. The number of fused-ring (bicyclic) bond motifs is 1. The molecule has 1 saturated heterocycles. The van der Waals surface area contributed by atoms with E-state index in [1.165, 1.54) is 12.8 Å². The summed E-state index contributed by atoms with van der Waals surface area (Å²) >= 11 is 0. The zero-order valence-corrected chi connectivity index (χ0v) is 13.3. The third-order valence-corrected chi connectivity index (χ3v) is 4.26. The van der Waals surface area contributed by atoms with Gasteiger partial charge in [0.1, 0.15) is 13.2 Å². The van der Waals surface area contributed by atoms with Gasteiger partial charge in [0.2, 0.25) is 0 Å². The number of benzene rings is 1. The van der Waals surface area contributed by atoms with Gasteiger partial charge in [-0.05, 0) is 31.0 Å². The minimum Gasteiger partial charge on any atom is -0.486 e. The van der Waals surface area contributed by atoms with Gasteiger partial charge in [-0.15, -0.1) is 0 Å². The minimum absolute atomic E-state index is 0.180. The fraction of sp³-hybridized carbons (Fsp3) is 0.333. The van der Waals surface area contributed by atoms with Crippen LogP contribution in [0, 0.1) is 0 Å². The molecule has 0 saturated carbocycles. The molecule has 6 heteroatoms. The van der Waals surface area contributed by atoms with Crippen LogP contribution >= 0.6 is 0 Å². The summed E-state index contributed by atoms with van der Waals surface area (Å²) in [6.07, 6.45) is 5.78. The molecule has 4 rings (SSSR count). The molecule has 1 aromatic heterocycles.